The molecule has 6 heteroatoms. The first-order valence-electron chi connectivity index (χ1n) is 9.07. The van der Waals surface area contributed by atoms with Crippen molar-refractivity contribution >= 4 is 35.0 Å². The third kappa shape index (κ3) is 4.85. The van der Waals surface area contributed by atoms with E-state index in [0.717, 1.165) is 22.6 Å². The van der Waals surface area contributed by atoms with Crippen molar-refractivity contribution in [2.45, 2.75) is 41.6 Å². The average molecular weight is 406 g/mol. The van der Waals surface area contributed by atoms with E-state index in [0.29, 0.717) is 30.3 Å². The molecular weight excluding hydrogens is 382 g/mol. The number of hydrogen-bond donors (Lipinski definition) is 1. The van der Waals surface area contributed by atoms with E-state index in [9.17, 15) is 4.79 Å². The number of anilines is 1. The Kier molecular flexibility index (Phi) is 6.82. The lowest BCUT2D eigenvalue weighted by atomic mass is 9.86. The molecule has 0 unspecified atom stereocenters. The lowest BCUT2D eigenvalue weighted by molar-refractivity contribution is -0.115. The van der Waals surface area contributed by atoms with Crippen LogP contribution in [0.3, 0.4) is 0 Å². The number of nitrogens with one attached hydrogen (secondary N) is 1. The van der Waals surface area contributed by atoms with Crippen molar-refractivity contribution in [3.8, 4) is 0 Å². The van der Waals surface area contributed by atoms with E-state index in [-0.39, 0.29) is 11.5 Å². The molecular formula is C21H24ClNO3S. The van der Waals surface area contributed by atoms with Gasteiger partial charge in [-0.2, -0.15) is 0 Å². The largest absolute Gasteiger partial charge is 0.381 e. The highest BCUT2D eigenvalue weighted by molar-refractivity contribution is 7.99. The Hall–Kier alpha value is -1.53. The second-order valence-corrected chi connectivity index (χ2v) is 8.04. The van der Waals surface area contributed by atoms with Crippen LogP contribution in [0.4, 0.5) is 5.69 Å². The first-order valence-corrected chi connectivity index (χ1v) is 10.3. The van der Waals surface area contributed by atoms with Gasteiger partial charge in [0.1, 0.15) is 0 Å². The SMILES string of the molecule is CCC(=O)Nc1ccc(Sc2cccc(C3(OC)CCOCC3)c2)cc1Cl. The standard InChI is InChI=1S/C21H24ClNO3S/c1-3-20(24)23-19-8-7-17(14-18(19)22)27-16-6-4-5-15(13-16)21(25-2)9-11-26-12-10-21/h4-8,13-14H,3,9-12H2,1-2H3,(H,23,24). The van der Waals surface area contributed by atoms with Crippen LogP contribution >= 0.6 is 23.4 Å². The van der Waals surface area contributed by atoms with Crippen LogP contribution in [0.1, 0.15) is 31.7 Å². The van der Waals surface area contributed by atoms with Crippen LogP contribution in [0.15, 0.2) is 52.3 Å². The van der Waals surface area contributed by atoms with E-state index in [1.807, 2.05) is 25.1 Å². The van der Waals surface area contributed by atoms with E-state index in [1.54, 1.807) is 18.9 Å². The van der Waals surface area contributed by atoms with E-state index < -0.39 is 0 Å². The molecule has 1 N–H and O–H groups in total. The molecule has 2 aromatic rings. The van der Waals surface area contributed by atoms with Gasteiger partial charge in [0.15, 0.2) is 0 Å². The first kappa shape index (κ1) is 20.2. The fourth-order valence-electron chi connectivity index (χ4n) is 3.19. The number of methoxy groups -OCH3 is 1. The minimum Gasteiger partial charge on any atom is -0.381 e. The Morgan fingerprint density at radius 2 is 1.96 bits per heavy atom. The zero-order valence-corrected chi connectivity index (χ0v) is 17.2. The van der Waals surface area contributed by atoms with Gasteiger partial charge < -0.3 is 14.8 Å². The third-order valence-electron chi connectivity index (χ3n) is 4.82. The maximum absolute atomic E-state index is 11.6. The topological polar surface area (TPSA) is 47.6 Å². The summed E-state index contributed by atoms with van der Waals surface area (Å²) in [5.74, 6) is -0.0497. The van der Waals surface area contributed by atoms with E-state index in [4.69, 9.17) is 21.1 Å². The molecule has 0 atom stereocenters. The average Bonchev–Trinajstić information content (AvgIpc) is 2.70. The highest BCUT2D eigenvalue weighted by Gasteiger charge is 2.34. The van der Waals surface area contributed by atoms with Crippen molar-refractivity contribution < 1.29 is 14.3 Å². The molecule has 0 saturated carbocycles. The number of hydrogen-bond acceptors (Lipinski definition) is 4. The minimum atomic E-state index is -0.277. The molecule has 0 bridgehead atoms. The molecule has 2 aromatic carbocycles. The predicted molar refractivity (Wildman–Crippen MR) is 110 cm³/mol. The van der Waals surface area contributed by atoms with Gasteiger partial charge >= 0.3 is 0 Å². The van der Waals surface area contributed by atoms with Crippen LogP contribution in [-0.4, -0.2) is 26.2 Å². The smallest absolute Gasteiger partial charge is 0.224 e. The van der Waals surface area contributed by atoms with Crippen molar-refractivity contribution in [2.24, 2.45) is 0 Å². The molecule has 1 saturated heterocycles. The molecule has 0 spiro atoms. The maximum atomic E-state index is 11.6. The van der Waals surface area contributed by atoms with Gasteiger partial charge in [-0.15, -0.1) is 0 Å². The fourth-order valence-corrected chi connectivity index (χ4v) is 4.40. The van der Waals surface area contributed by atoms with Crippen LogP contribution in [0, 0.1) is 0 Å². The summed E-state index contributed by atoms with van der Waals surface area (Å²) in [4.78, 5) is 13.7. The summed E-state index contributed by atoms with van der Waals surface area (Å²) >= 11 is 7.97. The van der Waals surface area contributed by atoms with Crippen LogP contribution < -0.4 is 5.32 Å². The Bertz CT molecular complexity index is 806. The molecule has 1 fully saturated rings. The van der Waals surface area contributed by atoms with Crippen LogP contribution in [0.5, 0.6) is 0 Å². The van der Waals surface area contributed by atoms with Gasteiger partial charge in [-0.05, 0) is 35.9 Å². The summed E-state index contributed by atoms with van der Waals surface area (Å²) in [5.41, 5.74) is 1.54. The van der Waals surface area contributed by atoms with Crippen molar-refractivity contribution in [3.05, 3.63) is 53.1 Å². The zero-order valence-electron chi connectivity index (χ0n) is 15.6. The van der Waals surface area contributed by atoms with E-state index >= 15 is 0 Å². The van der Waals surface area contributed by atoms with Gasteiger partial charge in [0.05, 0.1) is 16.3 Å². The van der Waals surface area contributed by atoms with Crippen molar-refractivity contribution in [2.75, 3.05) is 25.6 Å². The highest BCUT2D eigenvalue weighted by Crippen LogP contribution is 2.39. The van der Waals surface area contributed by atoms with Crippen molar-refractivity contribution in [1.29, 1.82) is 0 Å². The van der Waals surface area contributed by atoms with Gasteiger partial charge in [-0.1, -0.05) is 42.4 Å². The molecule has 1 heterocycles. The molecule has 0 radical (unpaired) electrons. The maximum Gasteiger partial charge on any atom is 0.224 e. The predicted octanol–water partition coefficient (Wildman–Crippen LogP) is 5.49. The number of carbonyl (C=O) groups is 1. The molecule has 0 aliphatic carbocycles. The number of halogens is 1. The summed E-state index contributed by atoms with van der Waals surface area (Å²) < 4.78 is 11.4. The Morgan fingerprint density at radius 3 is 2.63 bits per heavy atom. The van der Waals surface area contributed by atoms with Crippen LogP contribution in [0.2, 0.25) is 5.02 Å². The van der Waals surface area contributed by atoms with Crippen molar-refractivity contribution in [1.82, 2.24) is 0 Å². The summed E-state index contributed by atoms with van der Waals surface area (Å²) in [6.07, 6.45) is 2.14. The lowest BCUT2D eigenvalue weighted by Gasteiger charge is -2.36. The molecule has 1 aliphatic heterocycles. The number of benzene rings is 2. The molecule has 3 rings (SSSR count). The molecule has 27 heavy (non-hydrogen) atoms. The summed E-state index contributed by atoms with van der Waals surface area (Å²) in [6.45, 7) is 3.24. The quantitative estimate of drug-likeness (QED) is 0.690. The van der Waals surface area contributed by atoms with E-state index in [1.165, 1.54) is 5.56 Å². The number of rotatable bonds is 6. The number of carbonyl (C=O) groups excluding carboxylic acids is 1. The summed E-state index contributed by atoms with van der Waals surface area (Å²) in [7, 11) is 1.77. The van der Waals surface area contributed by atoms with Gasteiger partial charge in [-0.25, -0.2) is 0 Å². The number of amides is 1. The van der Waals surface area contributed by atoms with Crippen molar-refractivity contribution in [3.63, 3.8) is 0 Å². The normalized spacial score (nSPS) is 16.1. The second-order valence-electron chi connectivity index (χ2n) is 6.48. The Balaban J connectivity index is 1.78. The monoisotopic (exact) mass is 405 g/mol. The molecule has 1 aliphatic rings. The second kappa shape index (κ2) is 9.11. The van der Waals surface area contributed by atoms with Gasteiger partial charge in [-0.3, -0.25) is 4.79 Å². The Labute approximate surface area is 169 Å². The van der Waals surface area contributed by atoms with Gasteiger partial charge in [0, 0.05) is 49.4 Å². The number of ether oxygens (including phenoxy) is 2. The summed E-state index contributed by atoms with van der Waals surface area (Å²) in [5, 5.41) is 3.34. The highest BCUT2D eigenvalue weighted by atomic mass is 35.5. The molecule has 144 valence electrons. The third-order valence-corrected chi connectivity index (χ3v) is 6.11. The molecule has 1 amide bonds. The van der Waals surface area contributed by atoms with E-state index in [2.05, 4.69) is 29.6 Å². The zero-order chi connectivity index (χ0) is 19.3. The van der Waals surface area contributed by atoms with Gasteiger partial charge in [0.2, 0.25) is 5.91 Å². The van der Waals surface area contributed by atoms with Gasteiger partial charge in [0.25, 0.3) is 0 Å². The fraction of sp³-hybridized carbons (Fsp3) is 0.381. The summed E-state index contributed by atoms with van der Waals surface area (Å²) in [6, 6.07) is 14.1. The molecule has 0 aromatic heterocycles. The minimum absolute atomic E-state index is 0.0497. The van der Waals surface area contributed by atoms with Crippen LogP contribution in [-0.2, 0) is 19.9 Å². The van der Waals surface area contributed by atoms with Crippen LogP contribution in [0.25, 0.3) is 0 Å². The first-order chi connectivity index (χ1) is 13.1. The molecule has 4 nitrogen and oxygen atoms in total. The Morgan fingerprint density at radius 1 is 1.22 bits per heavy atom. The lowest BCUT2D eigenvalue weighted by Crippen LogP contribution is -2.35.